The molecule has 1 aliphatic rings. The zero-order chi connectivity index (χ0) is 20.1. The molecule has 1 fully saturated rings. The van der Waals surface area contributed by atoms with Crippen LogP contribution in [0.1, 0.15) is 15.9 Å². The summed E-state index contributed by atoms with van der Waals surface area (Å²) in [7, 11) is 0. The summed E-state index contributed by atoms with van der Waals surface area (Å²) in [6.07, 6.45) is 0. The molecule has 1 N–H and O–H groups in total. The van der Waals surface area contributed by atoms with Crippen LogP contribution < -0.4 is 10.1 Å². The van der Waals surface area contributed by atoms with Gasteiger partial charge in [0.05, 0.1) is 13.2 Å². The molecule has 0 bridgehead atoms. The fourth-order valence-electron chi connectivity index (χ4n) is 3.60. The van der Waals surface area contributed by atoms with Gasteiger partial charge >= 0.3 is 0 Å². The zero-order valence-electron chi connectivity index (χ0n) is 16.7. The number of fused-ring (bicyclic) bond motifs is 1. The van der Waals surface area contributed by atoms with Crippen molar-refractivity contribution in [3.63, 3.8) is 0 Å². The number of ether oxygens (including phenoxy) is 2. The van der Waals surface area contributed by atoms with Gasteiger partial charge in [0.2, 0.25) is 0 Å². The van der Waals surface area contributed by atoms with Crippen LogP contribution >= 0.6 is 0 Å². The number of nitrogens with zero attached hydrogens (tertiary/aromatic N) is 1. The van der Waals surface area contributed by atoms with Crippen LogP contribution in [0.15, 0.2) is 60.7 Å². The van der Waals surface area contributed by atoms with E-state index in [0.717, 1.165) is 60.6 Å². The maximum absolute atomic E-state index is 12.7. The van der Waals surface area contributed by atoms with E-state index in [1.165, 1.54) is 0 Å². The minimum atomic E-state index is -0.111. The topological polar surface area (TPSA) is 50.8 Å². The van der Waals surface area contributed by atoms with Crippen molar-refractivity contribution in [1.29, 1.82) is 0 Å². The summed E-state index contributed by atoms with van der Waals surface area (Å²) in [6, 6.07) is 19.5. The van der Waals surface area contributed by atoms with Gasteiger partial charge in [-0.15, -0.1) is 0 Å². The molecule has 5 heteroatoms. The van der Waals surface area contributed by atoms with Crippen LogP contribution in [-0.2, 0) is 4.74 Å². The first-order valence-corrected chi connectivity index (χ1v) is 10.0. The van der Waals surface area contributed by atoms with Crippen molar-refractivity contribution in [2.24, 2.45) is 0 Å². The number of aryl methyl sites for hydroxylation is 1. The number of nitrogens with one attached hydrogen (secondary N) is 1. The molecule has 1 aliphatic heterocycles. The molecule has 0 aromatic heterocycles. The summed E-state index contributed by atoms with van der Waals surface area (Å²) in [5.41, 5.74) is 2.50. The van der Waals surface area contributed by atoms with Gasteiger partial charge in [0.15, 0.2) is 0 Å². The molecule has 1 amide bonds. The Morgan fingerprint density at radius 1 is 1.03 bits per heavy atom. The molecule has 150 valence electrons. The van der Waals surface area contributed by atoms with E-state index in [-0.39, 0.29) is 5.91 Å². The third-order valence-electron chi connectivity index (χ3n) is 5.18. The second kappa shape index (κ2) is 9.07. The summed E-state index contributed by atoms with van der Waals surface area (Å²) in [5.74, 6) is 0.724. The molecular formula is C24H26N2O3. The molecule has 0 saturated carbocycles. The quantitative estimate of drug-likeness (QED) is 0.688. The number of carbonyl (C=O) groups is 1. The minimum absolute atomic E-state index is 0.111. The van der Waals surface area contributed by atoms with Crippen molar-refractivity contribution in [3.05, 3.63) is 71.8 Å². The van der Waals surface area contributed by atoms with Gasteiger partial charge in [-0.05, 0) is 31.2 Å². The van der Waals surface area contributed by atoms with Gasteiger partial charge < -0.3 is 14.8 Å². The summed E-state index contributed by atoms with van der Waals surface area (Å²) in [5, 5.41) is 5.01. The van der Waals surface area contributed by atoms with Crippen molar-refractivity contribution in [2.45, 2.75) is 6.92 Å². The number of hydrogen-bond donors (Lipinski definition) is 1. The summed E-state index contributed by atoms with van der Waals surface area (Å²) >= 11 is 0. The SMILES string of the molecule is Cc1cccc(C(=O)Nc2ccc(OCCN3CCOCC3)c3ccccc23)c1. The van der Waals surface area contributed by atoms with E-state index in [1.54, 1.807) is 0 Å². The lowest BCUT2D eigenvalue weighted by Gasteiger charge is -2.26. The van der Waals surface area contributed by atoms with Crippen LogP contribution in [0.4, 0.5) is 5.69 Å². The fourth-order valence-corrected chi connectivity index (χ4v) is 3.60. The van der Waals surface area contributed by atoms with Crippen molar-refractivity contribution >= 4 is 22.4 Å². The maximum atomic E-state index is 12.7. The summed E-state index contributed by atoms with van der Waals surface area (Å²) in [6.45, 7) is 6.97. The highest BCUT2D eigenvalue weighted by Gasteiger charge is 2.13. The first-order valence-electron chi connectivity index (χ1n) is 10.0. The van der Waals surface area contributed by atoms with Crippen LogP contribution in [-0.4, -0.2) is 50.3 Å². The van der Waals surface area contributed by atoms with Gasteiger partial charge in [-0.1, -0.05) is 42.0 Å². The van der Waals surface area contributed by atoms with Crippen LogP contribution in [0.3, 0.4) is 0 Å². The van der Waals surface area contributed by atoms with Crippen molar-refractivity contribution in [3.8, 4) is 5.75 Å². The minimum Gasteiger partial charge on any atom is -0.492 e. The van der Waals surface area contributed by atoms with Crippen molar-refractivity contribution < 1.29 is 14.3 Å². The number of anilines is 1. The molecule has 5 nitrogen and oxygen atoms in total. The molecule has 3 aromatic carbocycles. The first-order chi connectivity index (χ1) is 14.2. The third-order valence-corrected chi connectivity index (χ3v) is 5.18. The second-order valence-electron chi connectivity index (χ2n) is 7.28. The van der Waals surface area contributed by atoms with E-state index in [2.05, 4.69) is 10.2 Å². The molecule has 29 heavy (non-hydrogen) atoms. The molecule has 3 aromatic rings. The Morgan fingerprint density at radius 2 is 1.83 bits per heavy atom. The molecular weight excluding hydrogens is 364 g/mol. The second-order valence-corrected chi connectivity index (χ2v) is 7.28. The smallest absolute Gasteiger partial charge is 0.255 e. The van der Waals surface area contributed by atoms with Gasteiger partial charge in [0.1, 0.15) is 12.4 Å². The molecule has 4 rings (SSSR count). The van der Waals surface area contributed by atoms with Gasteiger partial charge in [-0.25, -0.2) is 0 Å². The number of benzene rings is 3. The van der Waals surface area contributed by atoms with E-state index in [0.29, 0.717) is 12.2 Å². The number of rotatable bonds is 6. The van der Waals surface area contributed by atoms with Crippen molar-refractivity contribution in [1.82, 2.24) is 4.90 Å². The van der Waals surface area contributed by atoms with E-state index < -0.39 is 0 Å². The molecule has 1 heterocycles. The fraction of sp³-hybridized carbons (Fsp3) is 0.292. The maximum Gasteiger partial charge on any atom is 0.255 e. The lowest BCUT2D eigenvalue weighted by atomic mass is 10.1. The van der Waals surface area contributed by atoms with E-state index >= 15 is 0 Å². The summed E-state index contributed by atoms with van der Waals surface area (Å²) in [4.78, 5) is 15.0. The van der Waals surface area contributed by atoms with E-state index in [9.17, 15) is 4.79 Å². The Bertz CT molecular complexity index is 996. The Labute approximate surface area is 171 Å². The molecule has 0 radical (unpaired) electrons. The van der Waals surface area contributed by atoms with Crippen LogP contribution in [0.2, 0.25) is 0 Å². The molecule has 0 unspecified atom stereocenters. The van der Waals surface area contributed by atoms with Gasteiger partial charge in [-0.3, -0.25) is 9.69 Å². The van der Waals surface area contributed by atoms with Gasteiger partial charge in [0, 0.05) is 41.7 Å². The lowest BCUT2D eigenvalue weighted by molar-refractivity contribution is 0.0323. The third kappa shape index (κ3) is 4.75. The highest BCUT2D eigenvalue weighted by Crippen LogP contribution is 2.32. The standard InChI is InChI=1S/C24H26N2O3/c1-18-5-4-6-19(17-18)24(27)25-22-9-10-23(21-8-3-2-7-20(21)22)29-16-13-26-11-14-28-15-12-26/h2-10,17H,11-16H2,1H3,(H,25,27). The van der Waals surface area contributed by atoms with Gasteiger partial charge in [0.25, 0.3) is 5.91 Å². The average molecular weight is 390 g/mol. The van der Waals surface area contributed by atoms with Crippen LogP contribution in [0.25, 0.3) is 10.8 Å². The number of hydrogen-bond acceptors (Lipinski definition) is 4. The number of morpholine rings is 1. The number of amides is 1. The van der Waals surface area contributed by atoms with Crippen LogP contribution in [0.5, 0.6) is 5.75 Å². The predicted molar refractivity (Wildman–Crippen MR) is 116 cm³/mol. The molecule has 0 atom stereocenters. The zero-order valence-corrected chi connectivity index (χ0v) is 16.7. The number of carbonyl (C=O) groups excluding carboxylic acids is 1. The van der Waals surface area contributed by atoms with E-state index in [4.69, 9.17) is 9.47 Å². The van der Waals surface area contributed by atoms with Crippen molar-refractivity contribution in [2.75, 3.05) is 44.8 Å². The molecule has 1 saturated heterocycles. The van der Waals surface area contributed by atoms with E-state index in [1.807, 2.05) is 67.6 Å². The Hall–Kier alpha value is -2.89. The monoisotopic (exact) mass is 390 g/mol. The predicted octanol–water partition coefficient (Wildman–Crippen LogP) is 4.11. The Balaban J connectivity index is 1.49. The normalized spacial score (nSPS) is 14.7. The summed E-state index contributed by atoms with van der Waals surface area (Å²) < 4.78 is 11.5. The first kappa shape index (κ1) is 19.4. The highest BCUT2D eigenvalue weighted by atomic mass is 16.5. The largest absolute Gasteiger partial charge is 0.492 e. The van der Waals surface area contributed by atoms with Gasteiger partial charge in [-0.2, -0.15) is 0 Å². The highest BCUT2D eigenvalue weighted by molar-refractivity contribution is 6.10. The Morgan fingerprint density at radius 3 is 2.62 bits per heavy atom. The molecule has 0 spiro atoms. The van der Waals surface area contributed by atoms with Crippen LogP contribution in [0, 0.1) is 6.92 Å². The Kier molecular flexibility index (Phi) is 6.08. The average Bonchev–Trinajstić information content (AvgIpc) is 2.76. The lowest BCUT2D eigenvalue weighted by Crippen LogP contribution is -2.38. The molecule has 0 aliphatic carbocycles.